The Labute approximate surface area is 71.7 Å². The summed E-state index contributed by atoms with van der Waals surface area (Å²) < 4.78 is 12.9. The molecule has 1 aromatic carbocycles. The zero-order chi connectivity index (χ0) is 8.81. The Bertz CT molecular complexity index is 268. The minimum atomic E-state index is -0.189. The van der Waals surface area contributed by atoms with Crippen molar-refractivity contribution >= 4 is 6.08 Å². The summed E-state index contributed by atoms with van der Waals surface area (Å²) in [4.78, 5) is 0. The molecule has 0 saturated heterocycles. The summed E-state index contributed by atoms with van der Waals surface area (Å²) in [7, 11) is 0. The molecule has 0 saturated carbocycles. The van der Waals surface area contributed by atoms with Crippen LogP contribution in [0.1, 0.15) is 12.0 Å². The van der Waals surface area contributed by atoms with Gasteiger partial charge in [-0.15, -0.1) is 0 Å². The van der Waals surface area contributed by atoms with Crippen molar-refractivity contribution in [3.05, 3.63) is 41.7 Å². The molecule has 2 N–H and O–H groups in total. The maximum Gasteiger partial charge on any atom is 0.130 e. The Hall–Kier alpha value is -1.15. The molecule has 0 heterocycles. The Morgan fingerprint density at radius 3 is 2.75 bits per heavy atom. The number of hydrogen-bond donors (Lipinski definition) is 1. The summed E-state index contributed by atoms with van der Waals surface area (Å²) in [5.41, 5.74) is 5.90. The highest BCUT2D eigenvalue weighted by Crippen LogP contribution is 2.07. The smallest absolute Gasteiger partial charge is 0.130 e. The quantitative estimate of drug-likeness (QED) is 0.730. The lowest BCUT2D eigenvalue weighted by atomic mass is 10.2. The van der Waals surface area contributed by atoms with E-state index in [0.29, 0.717) is 12.1 Å². The lowest BCUT2D eigenvalue weighted by molar-refractivity contribution is 0.625. The van der Waals surface area contributed by atoms with Gasteiger partial charge in [0.25, 0.3) is 0 Å². The van der Waals surface area contributed by atoms with Crippen LogP contribution in [0, 0.1) is 5.82 Å². The molecule has 0 aliphatic heterocycles. The van der Waals surface area contributed by atoms with Gasteiger partial charge in [-0.2, -0.15) is 0 Å². The summed E-state index contributed by atoms with van der Waals surface area (Å²) in [6.45, 7) is 0.602. The Morgan fingerprint density at radius 2 is 2.08 bits per heavy atom. The van der Waals surface area contributed by atoms with Gasteiger partial charge in [-0.3, -0.25) is 0 Å². The van der Waals surface area contributed by atoms with Crippen LogP contribution in [0.3, 0.4) is 0 Å². The topological polar surface area (TPSA) is 26.0 Å². The van der Waals surface area contributed by atoms with Gasteiger partial charge < -0.3 is 5.73 Å². The third-order valence-corrected chi connectivity index (χ3v) is 1.54. The first-order valence-corrected chi connectivity index (χ1v) is 3.95. The molecule has 1 aromatic rings. The van der Waals surface area contributed by atoms with E-state index in [0.717, 1.165) is 6.42 Å². The van der Waals surface area contributed by atoms with Gasteiger partial charge >= 0.3 is 0 Å². The third-order valence-electron chi connectivity index (χ3n) is 1.54. The van der Waals surface area contributed by atoms with E-state index in [-0.39, 0.29) is 5.82 Å². The average Bonchev–Trinajstić information content (AvgIpc) is 2.09. The maximum absolute atomic E-state index is 12.9. The summed E-state index contributed by atoms with van der Waals surface area (Å²) in [6, 6.07) is 6.67. The second kappa shape index (κ2) is 4.67. The first-order valence-electron chi connectivity index (χ1n) is 3.95. The summed E-state index contributed by atoms with van der Waals surface area (Å²) >= 11 is 0. The molecule has 0 amide bonds. The minimum Gasteiger partial charge on any atom is -0.330 e. The molecule has 64 valence electrons. The van der Waals surface area contributed by atoms with Crippen molar-refractivity contribution in [3.8, 4) is 0 Å². The van der Waals surface area contributed by atoms with Gasteiger partial charge in [0.1, 0.15) is 5.82 Å². The van der Waals surface area contributed by atoms with E-state index in [2.05, 4.69) is 0 Å². The van der Waals surface area contributed by atoms with E-state index < -0.39 is 0 Å². The van der Waals surface area contributed by atoms with Crippen molar-refractivity contribution in [2.45, 2.75) is 6.42 Å². The molecule has 0 spiro atoms. The molecule has 1 rings (SSSR count). The normalized spacial score (nSPS) is 10.8. The second-order valence-electron chi connectivity index (χ2n) is 2.50. The van der Waals surface area contributed by atoms with Crippen LogP contribution in [0.25, 0.3) is 6.08 Å². The molecule has 0 unspecified atom stereocenters. The van der Waals surface area contributed by atoms with Gasteiger partial charge in [0.05, 0.1) is 0 Å². The van der Waals surface area contributed by atoms with E-state index >= 15 is 0 Å². The second-order valence-corrected chi connectivity index (χ2v) is 2.50. The summed E-state index contributed by atoms with van der Waals surface area (Å²) in [5, 5.41) is 0. The molecule has 12 heavy (non-hydrogen) atoms. The molecular weight excluding hydrogens is 153 g/mol. The van der Waals surface area contributed by atoms with E-state index in [1.54, 1.807) is 18.2 Å². The van der Waals surface area contributed by atoms with E-state index in [9.17, 15) is 4.39 Å². The molecule has 0 aromatic heterocycles. The molecule has 1 nitrogen and oxygen atoms in total. The Balaban J connectivity index is 2.68. The lowest BCUT2D eigenvalue weighted by Crippen LogP contribution is -1.95. The Morgan fingerprint density at radius 1 is 1.33 bits per heavy atom. The molecule has 0 atom stereocenters. The van der Waals surface area contributed by atoms with Crippen LogP contribution in [0.5, 0.6) is 0 Å². The lowest BCUT2D eigenvalue weighted by Gasteiger charge is -1.94. The predicted octanol–water partition coefficient (Wildman–Crippen LogP) is 2.19. The van der Waals surface area contributed by atoms with E-state index in [1.807, 2.05) is 12.1 Å². The van der Waals surface area contributed by atoms with Crippen molar-refractivity contribution in [1.82, 2.24) is 0 Å². The van der Waals surface area contributed by atoms with Crippen LogP contribution in [-0.4, -0.2) is 6.54 Å². The summed E-state index contributed by atoms with van der Waals surface area (Å²) in [5.74, 6) is -0.189. The SMILES string of the molecule is NCCC=Cc1ccccc1F. The van der Waals surface area contributed by atoms with Crippen molar-refractivity contribution in [3.63, 3.8) is 0 Å². The summed E-state index contributed by atoms with van der Waals surface area (Å²) in [6.07, 6.45) is 4.41. The molecule has 0 fully saturated rings. The fourth-order valence-electron chi connectivity index (χ4n) is 0.917. The largest absolute Gasteiger partial charge is 0.330 e. The van der Waals surface area contributed by atoms with Crippen molar-refractivity contribution in [2.24, 2.45) is 5.73 Å². The molecule has 0 radical (unpaired) electrons. The molecule has 0 bridgehead atoms. The Kier molecular flexibility index (Phi) is 3.48. The van der Waals surface area contributed by atoms with Crippen molar-refractivity contribution in [1.29, 1.82) is 0 Å². The van der Waals surface area contributed by atoms with Gasteiger partial charge in [-0.25, -0.2) is 4.39 Å². The van der Waals surface area contributed by atoms with Gasteiger partial charge in [-0.05, 0) is 19.0 Å². The number of nitrogens with two attached hydrogens (primary N) is 1. The molecular formula is C10H12FN. The minimum absolute atomic E-state index is 0.189. The van der Waals surface area contributed by atoms with Crippen LogP contribution in [-0.2, 0) is 0 Å². The van der Waals surface area contributed by atoms with Crippen LogP contribution in [0.15, 0.2) is 30.3 Å². The van der Waals surface area contributed by atoms with E-state index in [4.69, 9.17) is 5.73 Å². The first-order chi connectivity index (χ1) is 5.84. The molecule has 0 aliphatic rings. The van der Waals surface area contributed by atoms with E-state index in [1.165, 1.54) is 6.07 Å². The fourth-order valence-corrected chi connectivity index (χ4v) is 0.917. The number of halogens is 1. The van der Waals surface area contributed by atoms with Crippen LogP contribution in [0.4, 0.5) is 4.39 Å². The highest BCUT2D eigenvalue weighted by molar-refractivity contribution is 5.49. The third kappa shape index (κ3) is 2.47. The van der Waals surface area contributed by atoms with Crippen molar-refractivity contribution in [2.75, 3.05) is 6.54 Å². The van der Waals surface area contributed by atoms with Gasteiger partial charge in [-0.1, -0.05) is 30.4 Å². The van der Waals surface area contributed by atoms with Crippen LogP contribution < -0.4 is 5.73 Å². The highest BCUT2D eigenvalue weighted by atomic mass is 19.1. The number of rotatable bonds is 3. The maximum atomic E-state index is 12.9. The fraction of sp³-hybridized carbons (Fsp3) is 0.200. The van der Waals surface area contributed by atoms with Gasteiger partial charge in [0, 0.05) is 5.56 Å². The number of hydrogen-bond acceptors (Lipinski definition) is 1. The highest BCUT2D eigenvalue weighted by Gasteiger charge is 1.93. The van der Waals surface area contributed by atoms with Crippen LogP contribution in [0.2, 0.25) is 0 Å². The first kappa shape index (κ1) is 8.94. The number of benzene rings is 1. The van der Waals surface area contributed by atoms with Crippen molar-refractivity contribution < 1.29 is 4.39 Å². The average molecular weight is 165 g/mol. The van der Waals surface area contributed by atoms with Crippen LogP contribution >= 0.6 is 0 Å². The molecule has 2 heteroatoms. The predicted molar refractivity (Wildman–Crippen MR) is 49.1 cm³/mol. The molecule has 0 aliphatic carbocycles. The van der Waals surface area contributed by atoms with Gasteiger partial charge in [0.2, 0.25) is 0 Å². The van der Waals surface area contributed by atoms with Gasteiger partial charge in [0.15, 0.2) is 0 Å². The standard InChI is InChI=1S/C10H12FN/c11-10-7-2-1-5-9(10)6-3-4-8-12/h1-3,5-7H,4,8,12H2. The zero-order valence-electron chi connectivity index (χ0n) is 6.83. The zero-order valence-corrected chi connectivity index (χ0v) is 6.83. The monoisotopic (exact) mass is 165 g/mol.